The summed E-state index contributed by atoms with van der Waals surface area (Å²) < 4.78 is 10.5. The fraction of sp³-hybridized carbons (Fsp3) is 0.429. The number of hydrogen-bond donors (Lipinski definition) is 0. The summed E-state index contributed by atoms with van der Waals surface area (Å²) in [5.74, 6) is -0.877. The lowest BCUT2D eigenvalue weighted by atomic mass is 9.99. The molecule has 1 aromatic carbocycles. The number of pyridine rings is 1. The maximum absolute atomic E-state index is 13.1. The molecular formula is C21H26N4O4. The number of aromatic nitrogens is 1. The highest BCUT2D eigenvalue weighted by atomic mass is 16.7. The van der Waals surface area contributed by atoms with E-state index >= 15 is 0 Å². The molecule has 29 heavy (non-hydrogen) atoms. The van der Waals surface area contributed by atoms with E-state index in [1.165, 1.54) is 26.0 Å². The predicted molar refractivity (Wildman–Crippen MR) is 114 cm³/mol. The van der Waals surface area contributed by atoms with E-state index in [1.807, 2.05) is 25.1 Å². The van der Waals surface area contributed by atoms with Gasteiger partial charge in [0.25, 0.3) is 0 Å². The minimum atomic E-state index is -0.673. The third-order valence-corrected chi connectivity index (χ3v) is 5.23. The van der Waals surface area contributed by atoms with Gasteiger partial charge in [-0.3, -0.25) is 14.6 Å². The molecule has 0 N–H and O–H groups in total. The lowest BCUT2D eigenvalue weighted by molar-refractivity contribution is -0.123. The molecule has 0 radical (unpaired) electrons. The van der Waals surface area contributed by atoms with Gasteiger partial charge in [-0.2, -0.15) is 0 Å². The highest BCUT2D eigenvalue weighted by Gasteiger charge is 2.29. The number of rotatable bonds is 7. The van der Waals surface area contributed by atoms with Crippen molar-refractivity contribution >= 4 is 45.9 Å². The lowest BCUT2D eigenvalue weighted by Gasteiger charge is -2.23. The van der Waals surface area contributed by atoms with E-state index in [0.717, 1.165) is 22.3 Å². The Morgan fingerprint density at radius 3 is 2.28 bits per heavy atom. The molecule has 1 aliphatic rings. The van der Waals surface area contributed by atoms with E-state index in [4.69, 9.17) is 9.47 Å². The van der Waals surface area contributed by atoms with Crippen LogP contribution >= 0.6 is 0 Å². The largest absolute Gasteiger partial charge is 0.376 e. The first kappa shape index (κ1) is 20.9. The third kappa shape index (κ3) is 3.49. The molecule has 0 bridgehead atoms. The number of hydrogen-bond acceptors (Lipinski definition) is 7. The van der Waals surface area contributed by atoms with Gasteiger partial charge in [-0.25, -0.2) is 4.98 Å². The van der Waals surface area contributed by atoms with Gasteiger partial charge in [-0.1, -0.05) is 6.92 Å². The van der Waals surface area contributed by atoms with Crippen LogP contribution in [0.4, 0.5) is 17.1 Å². The minimum Gasteiger partial charge on any atom is -0.376 e. The zero-order chi connectivity index (χ0) is 21.5. The normalized spacial score (nSPS) is 13.2. The van der Waals surface area contributed by atoms with Crippen LogP contribution in [0.5, 0.6) is 0 Å². The van der Waals surface area contributed by atoms with Gasteiger partial charge in [0.2, 0.25) is 5.91 Å². The number of anilines is 2. The Labute approximate surface area is 170 Å². The second kappa shape index (κ2) is 7.88. The van der Waals surface area contributed by atoms with Crippen molar-refractivity contribution in [3.8, 4) is 0 Å². The SMILES string of the molecule is COC(OC)C(C)C(=O)c1cc2c3c(c(N(C)C)cc(N(C)C(C)=O)c3n1)N=C2. The fourth-order valence-corrected chi connectivity index (χ4v) is 3.51. The number of Topliss-reactive ketones (excluding diaryl/α,β-unsaturated/α-hetero) is 1. The Morgan fingerprint density at radius 2 is 1.72 bits per heavy atom. The van der Waals surface area contributed by atoms with Crippen LogP contribution < -0.4 is 9.80 Å². The van der Waals surface area contributed by atoms with Crippen LogP contribution in [-0.4, -0.2) is 64.5 Å². The molecule has 1 atom stereocenters. The Balaban J connectivity index is 2.25. The predicted octanol–water partition coefficient (Wildman–Crippen LogP) is 2.79. The number of methoxy groups -OCH3 is 2. The number of ketones is 1. The van der Waals surface area contributed by atoms with E-state index in [-0.39, 0.29) is 17.4 Å². The molecule has 1 aliphatic heterocycles. The molecule has 3 rings (SSSR count). The number of carbonyl (C=O) groups is 2. The molecule has 0 aliphatic carbocycles. The summed E-state index contributed by atoms with van der Waals surface area (Å²) in [6.07, 6.45) is 1.06. The zero-order valence-electron chi connectivity index (χ0n) is 17.8. The summed E-state index contributed by atoms with van der Waals surface area (Å²) in [6, 6.07) is 3.61. The van der Waals surface area contributed by atoms with Crippen LogP contribution in [0.3, 0.4) is 0 Å². The summed E-state index contributed by atoms with van der Waals surface area (Å²) in [4.78, 5) is 37.9. The molecule has 0 spiro atoms. The van der Waals surface area contributed by atoms with Crippen LogP contribution in [0.25, 0.3) is 10.9 Å². The fourth-order valence-electron chi connectivity index (χ4n) is 3.51. The molecule has 8 heteroatoms. The highest BCUT2D eigenvalue weighted by Crippen LogP contribution is 2.44. The number of amides is 1. The van der Waals surface area contributed by atoms with Crippen LogP contribution in [-0.2, 0) is 14.3 Å². The molecule has 1 aromatic heterocycles. The van der Waals surface area contributed by atoms with Crippen LogP contribution in [0.2, 0.25) is 0 Å². The zero-order valence-corrected chi connectivity index (χ0v) is 17.8. The van der Waals surface area contributed by atoms with Gasteiger partial charge < -0.3 is 19.3 Å². The first-order chi connectivity index (χ1) is 13.7. The van der Waals surface area contributed by atoms with Crippen LogP contribution in [0.15, 0.2) is 17.1 Å². The smallest absolute Gasteiger partial charge is 0.223 e. The summed E-state index contributed by atoms with van der Waals surface area (Å²) >= 11 is 0. The quantitative estimate of drug-likeness (QED) is 0.449. The van der Waals surface area contributed by atoms with E-state index < -0.39 is 12.2 Å². The summed E-state index contributed by atoms with van der Waals surface area (Å²) in [7, 11) is 8.52. The van der Waals surface area contributed by atoms with Gasteiger partial charge >= 0.3 is 0 Å². The Hall–Kier alpha value is -2.84. The van der Waals surface area contributed by atoms with E-state index in [9.17, 15) is 9.59 Å². The van der Waals surface area contributed by atoms with Crippen molar-refractivity contribution in [1.29, 1.82) is 0 Å². The highest BCUT2D eigenvalue weighted by molar-refractivity contribution is 6.19. The van der Waals surface area contributed by atoms with Crippen molar-refractivity contribution in [2.75, 3.05) is 45.2 Å². The van der Waals surface area contributed by atoms with Gasteiger partial charge in [0.05, 0.1) is 28.5 Å². The first-order valence-corrected chi connectivity index (χ1v) is 9.28. The summed E-state index contributed by atoms with van der Waals surface area (Å²) in [6.45, 7) is 3.23. The van der Waals surface area contributed by atoms with Gasteiger partial charge in [-0.05, 0) is 12.1 Å². The molecule has 154 valence electrons. The maximum atomic E-state index is 13.1. The molecule has 1 amide bonds. The molecule has 0 fully saturated rings. The minimum absolute atomic E-state index is 0.129. The molecule has 1 unspecified atom stereocenters. The molecule has 0 saturated carbocycles. The molecule has 2 aromatic rings. The summed E-state index contributed by atoms with van der Waals surface area (Å²) in [5, 5.41) is 0.832. The van der Waals surface area contributed by atoms with Crippen molar-refractivity contribution in [1.82, 2.24) is 4.98 Å². The summed E-state index contributed by atoms with van der Waals surface area (Å²) in [5.41, 5.74) is 3.95. The van der Waals surface area contributed by atoms with Gasteiger partial charge in [0.15, 0.2) is 12.1 Å². The maximum Gasteiger partial charge on any atom is 0.223 e. The lowest BCUT2D eigenvalue weighted by Crippen LogP contribution is -2.30. The Bertz CT molecular complexity index is 1010. The average Bonchev–Trinajstić information content (AvgIpc) is 3.12. The number of nitrogens with zero attached hydrogens (tertiary/aromatic N) is 4. The Morgan fingerprint density at radius 1 is 1.07 bits per heavy atom. The van der Waals surface area contributed by atoms with E-state index in [2.05, 4.69) is 9.98 Å². The number of benzene rings is 1. The van der Waals surface area contributed by atoms with Crippen molar-refractivity contribution < 1.29 is 19.1 Å². The van der Waals surface area contributed by atoms with Crippen molar-refractivity contribution in [2.24, 2.45) is 10.9 Å². The van der Waals surface area contributed by atoms with Gasteiger partial charge in [0, 0.05) is 59.5 Å². The molecular weight excluding hydrogens is 372 g/mol. The second-order valence-electron chi connectivity index (χ2n) is 7.31. The van der Waals surface area contributed by atoms with Crippen molar-refractivity contribution in [3.05, 3.63) is 23.4 Å². The monoisotopic (exact) mass is 398 g/mol. The third-order valence-electron chi connectivity index (χ3n) is 5.23. The van der Waals surface area contributed by atoms with Crippen LogP contribution in [0.1, 0.15) is 29.9 Å². The van der Waals surface area contributed by atoms with Gasteiger partial charge in [0.1, 0.15) is 5.69 Å². The van der Waals surface area contributed by atoms with Gasteiger partial charge in [-0.15, -0.1) is 0 Å². The van der Waals surface area contributed by atoms with E-state index in [1.54, 1.807) is 26.3 Å². The first-order valence-electron chi connectivity index (χ1n) is 9.28. The molecule has 2 heterocycles. The standard InChI is InChI=1S/C21H26N4O4/c1-11(21(28-6)29-7)20(27)14-8-13-10-22-18-15(24(3)4)9-16(25(5)12(2)26)19(23-14)17(13)18/h8-11,21H,1-7H3. The average molecular weight is 398 g/mol. The van der Waals surface area contributed by atoms with Crippen LogP contribution in [0, 0.1) is 5.92 Å². The number of ether oxygens (including phenoxy) is 2. The topological polar surface area (TPSA) is 84.3 Å². The Kier molecular flexibility index (Phi) is 5.68. The van der Waals surface area contributed by atoms with Crippen molar-refractivity contribution in [3.63, 3.8) is 0 Å². The van der Waals surface area contributed by atoms with E-state index in [0.29, 0.717) is 11.2 Å². The van der Waals surface area contributed by atoms with Crippen molar-refractivity contribution in [2.45, 2.75) is 20.1 Å². The second-order valence-corrected chi connectivity index (χ2v) is 7.31. The molecule has 8 nitrogen and oxygen atoms in total. The number of carbonyl (C=O) groups excluding carboxylic acids is 2. The number of aliphatic imine (C=N–C) groups is 1. The molecule has 0 saturated heterocycles.